The van der Waals surface area contributed by atoms with Gasteiger partial charge in [0.2, 0.25) is 0 Å². The van der Waals surface area contributed by atoms with E-state index in [1.807, 2.05) is 0 Å². The lowest BCUT2D eigenvalue weighted by Crippen LogP contribution is -1.98. The molecule has 0 bridgehead atoms. The molecule has 0 saturated carbocycles. The predicted molar refractivity (Wildman–Crippen MR) is 103 cm³/mol. The Bertz CT molecular complexity index is 1340. The van der Waals surface area contributed by atoms with Crippen LogP contribution in [0, 0.1) is 0 Å². The van der Waals surface area contributed by atoms with Gasteiger partial charge in [0.1, 0.15) is 0 Å². The second-order valence-electron chi connectivity index (χ2n) is 4.88. The van der Waals surface area contributed by atoms with Crippen LogP contribution in [0.2, 0.25) is 0 Å². The van der Waals surface area contributed by atoms with Gasteiger partial charge in [-0.15, -0.1) is 0 Å². The molecule has 0 aromatic heterocycles. The number of benzene rings is 2. The summed E-state index contributed by atoms with van der Waals surface area (Å²) in [5.41, 5.74) is -3.02. The molecule has 0 aliphatic rings. The van der Waals surface area contributed by atoms with Crippen molar-refractivity contribution < 1.29 is 43.1 Å². The molecule has 2 rings (SSSR count). The number of aliphatic hydroxyl groups is 2. The van der Waals surface area contributed by atoms with Crippen LogP contribution < -0.4 is 0 Å². The summed E-state index contributed by atoms with van der Waals surface area (Å²) < 4.78 is 124. The maximum atomic E-state index is 11.8. The number of carbonyl (C=O) groups excluding carboxylic acids is 2. The van der Waals surface area contributed by atoms with E-state index in [9.17, 15) is 19.8 Å². The Hall–Kier alpha value is -2.30. The third kappa shape index (κ3) is 5.90. The van der Waals surface area contributed by atoms with E-state index in [2.05, 4.69) is 0 Å². The number of carbonyl (C=O) groups is 2. The lowest BCUT2D eigenvalue weighted by molar-refractivity contribution is 0.100. The first-order valence-corrected chi connectivity index (χ1v) is 7.08. The van der Waals surface area contributed by atoms with Gasteiger partial charge in [0, 0.05) is 28.9 Å². The quantitative estimate of drug-likeness (QED) is 0.753. The molecular weight excluding hydrogens is 328 g/mol. The van der Waals surface area contributed by atoms with Crippen molar-refractivity contribution in [3.05, 3.63) is 69.8 Å². The van der Waals surface area contributed by atoms with Gasteiger partial charge in [0.15, 0.2) is 11.6 Å². The van der Waals surface area contributed by atoms with E-state index in [1.165, 1.54) is 13.0 Å². The van der Waals surface area contributed by atoms with E-state index in [0.717, 1.165) is 24.3 Å². The fraction of sp³-hybridized carbons (Fsp3) is 0.364. The number of hydrogen-bond donors (Lipinski definition) is 2. The zero-order valence-electron chi connectivity index (χ0n) is 30.7. The molecular formula is C22H28O4. The summed E-state index contributed by atoms with van der Waals surface area (Å²) in [6, 6.07) is 5.57. The van der Waals surface area contributed by atoms with E-state index >= 15 is 0 Å². The normalized spacial score (nSPS) is 23.4. The van der Waals surface area contributed by atoms with Crippen molar-refractivity contribution in [2.45, 2.75) is 53.3 Å². The van der Waals surface area contributed by atoms with Crippen molar-refractivity contribution >= 4 is 11.6 Å². The van der Waals surface area contributed by atoms with Crippen LogP contribution in [-0.4, -0.2) is 21.8 Å². The van der Waals surface area contributed by atoms with Crippen LogP contribution in [0.3, 0.4) is 0 Å². The van der Waals surface area contributed by atoms with Gasteiger partial charge in [0.05, 0.1) is 18.6 Å². The maximum absolute atomic E-state index is 11.8. The van der Waals surface area contributed by atoms with Gasteiger partial charge >= 0.3 is 0 Å². The molecule has 0 heterocycles. The molecule has 0 spiro atoms. The first-order valence-electron chi connectivity index (χ1n) is 15.6. The van der Waals surface area contributed by atoms with Crippen molar-refractivity contribution in [1.29, 1.82) is 0 Å². The average molecular weight is 374 g/mol. The van der Waals surface area contributed by atoms with Gasteiger partial charge in [-0.2, -0.15) is 0 Å². The number of ketones is 2. The molecule has 0 aliphatic carbocycles. The van der Waals surface area contributed by atoms with Gasteiger partial charge < -0.3 is 10.2 Å². The largest absolute Gasteiger partial charge is 0.392 e. The summed E-state index contributed by atoms with van der Waals surface area (Å²) >= 11 is 0. The molecule has 140 valence electrons. The van der Waals surface area contributed by atoms with Crippen molar-refractivity contribution in [2.75, 3.05) is 0 Å². The SMILES string of the molecule is [2H]C([2H])(O)c1ccc(C(C)=O)cc1C([2H])([2H])C([2H])([2H])[2H].[2H]C([2H])([2H])C(=O)c1ccc(C([2H])([2H])O)c(C([2H])([2H])C([2H])([2H])[2H])c1. The van der Waals surface area contributed by atoms with Crippen LogP contribution >= 0.6 is 0 Å². The molecule has 0 atom stereocenters. The van der Waals surface area contributed by atoms with Crippen molar-refractivity contribution in [1.82, 2.24) is 0 Å². The summed E-state index contributed by atoms with van der Waals surface area (Å²) in [6.45, 7) is -14.1. The third-order valence-corrected chi connectivity index (χ3v) is 3.22. The highest BCUT2D eigenvalue weighted by molar-refractivity contribution is 5.94. The summed E-state index contributed by atoms with van der Waals surface area (Å²) in [5, 5.41) is 18.9. The topological polar surface area (TPSA) is 74.6 Å². The zero-order chi connectivity index (χ0) is 34.4. The van der Waals surface area contributed by atoms with Crippen LogP contribution in [-0.2, 0) is 25.9 Å². The van der Waals surface area contributed by atoms with Gasteiger partial charge in [0.25, 0.3) is 0 Å². The molecule has 2 aromatic carbocycles. The van der Waals surface area contributed by atoms with Crippen LogP contribution in [0.25, 0.3) is 0 Å². The summed E-state index contributed by atoms with van der Waals surface area (Å²) in [6.07, 6.45) is -6.01. The van der Waals surface area contributed by atoms with E-state index in [4.69, 9.17) is 23.3 Å². The maximum Gasteiger partial charge on any atom is 0.159 e. The van der Waals surface area contributed by atoms with E-state index in [-0.39, 0.29) is 5.56 Å². The Balaban J connectivity index is 0.000000434. The molecule has 0 fully saturated rings. The number of hydrogen-bond acceptors (Lipinski definition) is 4. The molecule has 4 nitrogen and oxygen atoms in total. The summed E-state index contributed by atoms with van der Waals surface area (Å²) in [7, 11) is 0. The highest BCUT2D eigenvalue weighted by Crippen LogP contribution is 2.14. The monoisotopic (exact) mass is 373 g/mol. The second kappa shape index (κ2) is 10.6. The molecule has 0 amide bonds. The lowest BCUT2D eigenvalue weighted by Gasteiger charge is -2.06. The molecule has 2 N–H and O–H groups in total. The molecule has 4 heteroatoms. The van der Waals surface area contributed by atoms with Crippen LogP contribution in [0.4, 0.5) is 0 Å². The fourth-order valence-electron chi connectivity index (χ4n) is 1.85. The first kappa shape index (κ1) is 7.37. The minimum Gasteiger partial charge on any atom is -0.392 e. The highest BCUT2D eigenvalue weighted by atomic mass is 16.3. The minimum atomic E-state index is -3.23. The summed E-state index contributed by atoms with van der Waals surface area (Å²) in [4.78, 5) is 23.1. The number of aryl methyl sites for hydroxylation is 2. The molecule has 0 radical (unpaired) electrons. The predicted octanol–water partition coefficient (Wildman–Crippen LogP) is 3.89. The molecule has 2 aromatic rings. The smallest absolute Gasteiger partial charge is 0.159 e. The van der Waals surface area contributed by atoms with Crippen LogP contribution in [0.5, 0.6) is 0 Å². The molecule has 26 heavy (non-hydrogen) atoms. The molecule has 0 saturated heterocycles. The first-order chi connectivity index (χ1) is 18.8. The van der Waals surface area contributed by atoms with Gasteiger partial charge in [-0.05, 0) is 60.9 Å². The second-order valence-corrected chi connectivity index (χ2v) is 4.88. The Morgan fingerprint density at radius 1 is 0.846 bits per heavy atom. The summed E-state index contributed by atoms with van der Waals surface area (Å²) in [5.74, 6) is -1.76. The Kier molecular flexibility index (Phi) is 3.02. The van der Waals surface area contributed by atoms with E-state index in [1.54, 1.807) is 0 Å². The molecule has 0 unspecified atom stereocenters. The van der Waals surface area contributed by atoms with Gasteiger partial charge in [-0.1, -0.05) is 38.0 Å². The fourth-order valence-corrected chi connectivity index (χ4v) is 1.85. The Morgan fingerprint density at radius 3 is 1.65 bits per heavy atom. The Morgan fingerprint density at radius 2 is 1.31 bits per heavy atom. The highest BCUT2D eigenvalue weighted by Gasteiger charge is 2.05. The molecule has 0 aliphatic heterocycles. The van der Waals surface area contributed by atoms with Crippen molar-refractivity contribution in [3.63, 3.8) is 0 Å². The Labute approximate surface area is 179 Å². The van der Waals surface area contributed by atoms with E-state index in [0.29, 0.717) is 6.07 Å². The zero-order valence-corrected chi connectivity index (χ0v) is 13.7. The van der Waals surface area contributed by atoms with Gasteiger partial charge in [-0.3, -0.25) is 9.59 Å². The number of rotatable bonds is 6. The minimum absolute atomic E-state index is 0.0427. The van der Waals surface area contributed by atoms with E-state index < -0.39 is 85.8 Å². The number of Topliss-reactive ketones (excluding diaryl/α,β-unsaturated/α-hetero) is 2. The van der Waals surface area contributed by atoms with Gasteiger partial charge in [-0.25, -0.2) is 0 Å². The lowest BCUT2D eigenvalue weighted by atomic mass is 10.0. The van der Waals surface area contributed by atoms with Crippen LogP contribution in [0.15, 0.2) is 36.4 Å². The van der Waals surface area contributed by atoms with Crippen molar-refractivity contribution in [3.8, 4) is 0 Å². The standard InChI is InChI=1S/2C11H14O2/c2*1-3-9-6-10(8(2)13)4-5-11(9)7-12/h2*4-6,12H,3,7H2,1-2H3/i1D3,2D3,3D2,7D2;1D3,3D2,7D2. The average Bonchev–Trinajstić information content (AvgIpc) is 2.80. The third-order valence-electron chi connectivity index (χ3n) is 3.22. The van der Waals surface area contributed by atoms with Crippen molar-refractivity contribution in [2.24, 2.45) is 0 Å². The van der Waals surface area contributed by atoms with Crippen LogP contribution in [0.1, 0.15) is 93.8 Å².